The SMILES string of the molecule is CC(C)=CC(=O)N1CSCC1C(=O)N1CCN(Cc2ccc3c(c2)OCO3)CC1. The van der Waals surface area contributed by atoms with Crippen LogP contribution in [-0.2, 0) is 16.1 Å². The molecule has 2 saturated heterocycles. The number of thioether (sulfide) groups is 1. The maximum absolute atomic E-state index is 13.0. The molecule has 4 rings (SSSR count). The summed E-state index contributed by atoms with van der Waals surface area (Å²) in [4.78, 5) is 31.4. The molecule has 3 aliphatic heterocycles. The zero-order chi connectivity index (χ0) is 20.4. The summed E-state index contributed by atoms with van der Waals surface area (Å²) in [7, 11) is 0. The molecule has 7 nitrogen and oxygen atoms in total. The summed E-state index contributed by atoms with van der Waals surface area (Å²) < 4.78 is 10.8. The predicted molar refractivity (Wildman–Crippen MR) is 112 cm³/mol. The highest BCUT2D eigenvalue weighted by Crippen LogP contribution is 2.33. The lowest BCUT2D eigenvalue weighted by Gasteiger charge is -2.37. The van der Waals surface area contributed by atoms with Crippen LogP contribution >= 0.6 is 11.8 Å². The van der Waals surface area contributed by atoms with E-state index in [4.69, 9.17) is 9.47 Å². The molecule has 0 bridgehead atoms. The number of carbonyl (C=O) groups excluding carboxylic acids is 2. The number of carbonyl (C=O) groups is 2. The molecule has 1 unspecified atom stereocenters. The normalized spacial score (nSPS) is 21.4. The van der Waals surface area contributed by atoms with Gasteiger partial charge in [-0.3, -0.25) is 14.5 Å². The van der Waals surface area contributed by atoms with Crippen molar-refractivity contribution in [3.63, 3.8) is 0 Å². The van der Waals surface area contributed by atoms with Gasteiger partial charge in [0, 0.05) is 44.6 Å². The zero-order valence-electron chi connectivity index (χ0n) is 16.9. The minimum atomic E-state index is -0.344. The number of benzene rings is 1. The van der Waals surface area contributed by atoms with Crippen LogP contribution in [0.4, 0.5) is 0 Å². The first-order chi connectivity index (χ1) is 14.0. The van der Waals surface area contributed by atoms with E-state index in [-0.39, 0.29) is 24.6 Å². The van der Waals surface area contributed by atoms with Gasteiger partial charge in [0.25, 0.3) is 0 Å². The van der Waals surface area contributed by atoms with E-state index in [1.54, 1.807) is 22.7 Å². The molecular formula is C21H27N3O4S. The van der Waals surface area contributed by atoms with Gasteiger partial charge < -0.3 is 19.3 Å². The number of hydrogen-bond donors (Lipinski definition) is 0. The summed E-state index contributed by atoms with van der Waals surface area (Å²) in [5.74, 6) is 2.88. The molecular weight excluding hydrogens is 390 g/mol. The Morgan fingerprint density at radius 3 is 2.66 bits per heavy atom. The first-order valence-corrected chi connectivity index (χ1v) is 11.1. The van der Waals surface area contributed by atoms with Crippen LogP contribution in [0, 0.1) is 0 Å². The Morgan fingerprint density at radius 1 is 1.14 bits per heavy atom. The Hall–Kier alpha value is -2.19. The molecule has 0 aromatic heterocycles. The second-order valence-electron chi connectivity index (χ2n) is 7.83. The number of fused-ring (bicyclic) bond motifs is 1. The van der Waals surface area contributed by atoms with E-state index in [0.717, 1.165) is 36.7 Å². The lowest BCUT2D eigenvalue weighted by atomic mass is 10.1. The third-order valence-corrected chi connectivity index (χ3v) is 6.40. The standard InChI is InChI=1S/C21H27N3O4S/c1-15(2)9-20(25)24-13-29-12-17(24)21(26)23-7-5-22(6-8-23)11-16-3-4-18-19(10-16)28-14-27-18/h3-4,9-10,17H,5-8,11-14H2,1-2H3. The Kier molecular flexibility index (Phi) is 6.01. The minimum Gasteiger partial charge on any atom is -0.454 e. The first kappa shape index (κ1) is 20.1. The molecule has 3 heterocycles. The molecule has 1 atom stereocenters. The van der Waals surface area contributed by atoms with E-state index in [1.165, 1.54) is 5.56 Å². The van der Waals surface area contributed by atoms with E-state index in [9.17, 15) is 9.59 Å². The van der Waals surface area contributed by atoms with Crippen LogP contribution in [0.1, 0.15) is 19.4 Å². The largest absolute Gasteiger partial charge is 0.454 e. The van der Waals surface area contributed by atoms with Crippen molar-refractivity contribution in [2.24, 2.45) is 0 Å². The topological polar surface area (TPSA) is 62.3 Å². The van der Waals surface area contributed by atoms with Gasteiger partial charge in [0.05, 0.1) is 5.88 Å². The molecule has 3 aliphatic rings. The van der Waals surface area contributed by atoms with Gasteiger partial charge in [0.1, 0.15) is 6.04 Å². The van der Waals surface area contributed by atoms with Gasteiger partial charge in [-0.1, -0.05) is 11.6 Å². The van der Waals surface area contributed by atoms with Crippen molar-refractivity contribution < 1.29 is 19.1 Å². The van der Waals surface area contributed by atoms with Crippen LogP contribution in [0.15, 0.2) is 29.8 Å². The first-order valence-electron chi connectivity index (χ1n) is 9.94. The molecule has 0 N–H and O–H groups in total. The van der Waals surface area contributed by atoms with E-state index < -0.39 is 0 Å². The van der Waals surface area contributed by atoms with Gasteiger partial charge in [0.15, 0.2) is 11.5 Å². The molecule has 1 aromatic rings. The summed E-state index contributed by atoms with van der Waals surface area (Å²) in [5, 5.41) is 0. The number of hydrogen-bond acceptors (Lipinski definition) is 6. The van der Waals surface area contributed by atoms with Crippen LogP contribution in [0.5, 0.6) is 11.5 Å². The van der Waals surface area contributed by atoms with Crippen LogP contribution in [-0.4, -0.2) is 77.2 Å². The molecule has 8 heteroatoms. The van der Waals surface area contributed by atoms with Crippen LogP contribution in [0.25, 0.3) is 0 Å². The summed E-state index contributed by atoms with van der Waals surface area (Å²) in [6.45, 7) is 7.93. The van der Waals surface area contributed by atoms with Crippen molar-refractivity contribution >= 4 is 23.6 Å². The molecule has 1 aromatic carbocycles. The highest BCUT2D eigenvalue weighted by Gasteiger charge is 2.37. The number of allylic oxidation sites excluding steroid dienone is 1. The molecule has 156 valence electrons. The molecule has 0 aliphatic carbocycles. The van der Waals surface area contributed by atoms with Crippen molar-refractivity contribution in [2.45, 2.75) is 26.4 Å². The fourth-order valence-electron chi connectivity index (χ4n) is 3.83. The van der Waals surface area contributed by atoms with Crippen molar-refractivity contribution in [2.75, 3.05) is 44.6 Å². The van der Waals surface area contributed by atoms with Crippen LogP contribution < -0.4 is 9.47 Å². The van der Waals surface area contributed by atoms with Crippen molar-refractivity contribution in [3.05, 3.63) is 35.4 Å². The van der Waals surface area contributed by atoms with Crippen LogP contribution in [0.2, 0.25) is 0 Å². The van der Waals surface area contributed by atoms with Crippen LogP contribution in [0.3, 0.4) is 0 Å². The molecule has 0 saturated carbocycles. The van der Waals surface area contributed by atoms with Gasteiger partial charge in [-0.15, -0.1) is 11.8 Å². The molecule has 29 heavy (non-hydrogen) atoms. The molecule has 2 fully saturated rings. The number of rotatable bonds is 4. The highest BCUT2D eigenvalue weighted by molar-refractivity contribution is 7.99. The number of nitrogens with zero attached hydrogens (tertiary/aromatic N) is 3. The van der Waals surface area contributed by atoms with E-state index in [2.05, 4.69) is 11.0 Å². The molecule has 0 radical (unpaired) electrons. The van der Waals surface area contributed by atoms with Crippen molar-refractivity contribution in [1.29, 1.82) is 0 Å². The Labute approximate surface area is 175 Å². The quantitative estimate of drug-likeness (QED) is 0.698. The summed E-state index contributed by atoms with van der Waals surface area (Å²) in [5.41, 5.74) is 2.13. The maximum atomic E-state index is 13.0. The third-order valence-electron chi connectivity index (χ3n) is 5.39. The van der Waals surface area contributed by atoms with Gasteiger partial charge in [-0.2, -0.15) is 0 Å². The lowest BCUT2D eigenvalue weighted by Crippen LogP contribution is -2.54. The highest BCUT2D eigenvalue weighted by atomic mass is 32.2. The average molecular weight is 418 g/mol. The monoisotopic (exact) mass is 417 g/mol. The Morgan fingerprint density at radius 2 is 1.90 bits per heavy atom. The molecule has 2 amide bonds. The fraction of sp³-hybridized carbons (Fsp3) is 0.524. The van der Waals surface area contributed by atoms with E-state index >= 15 is 0 Å². The van der Waals surface area contributed by atoms with E-state index in [0.29, 0.717) is 24.7 Å². The van der Waals surface area contributed by atoms with Gasteiger partial charge in [-0.25, -0.2) is 0 Å². The second kappa shape index (κ2) is 8.67. The molecule has 0 spiro atoms. The third kappa shape index (κ3) is 4.53. The van der Waals surface area contributed by atoms with Crippen molar-refractivity contribution in [1.82, 2.24) is 14.7 Å². The average Bonchev–Trinajstić information content (AvgIpc) is 3.36. The number of piperazine rings is 1. The lowest BCUT2D eigenvalue weighted by molar-refractivity contribution is -0.142. The minimum absolute atomic E-state index is 0.0604. The summed E-state index contributed by atoms with van der Waals surface area (Å²) in [6.07, 6.45) is 1.62. The Bertz CT molecular complexity index is 816. The zero-order valence-corrected chi connectivity index (χ0v) is 17.7. The summed E-state index contributed by atoms with van der Waals surface area (Å²) >= 11 is 1.65. The smallest absolute Gasteiger partial charge is 0.247 e. The summed E-state index contributed by atoms with van der Waals surface area (Å²) in [6, 6.07) is 5.70. The van der Waals surface area contributed by atoms with Gasteiger partial charge in [-0.05, 0) is 31.5 Å². The van der Waals surface area contributed by atoms with E-state index in [1.807, 2.05) is 30.9 Å². The number of amides is 2. The second-order valence-corrected chi connectivity index (χ2v) is 8.83. The maximum Gasteiger partial charge on any atom is 0.247 e. The van der Waals surface area contributed by atoms with Gasteiger partial charge >= 0.3 is 0 Å². The number of ether oxygens (including phenoxy) is 2. The Balaban J connectivity index is 1.31. The van der Waals surface area contributed by atoms with Gasteiger partial charge in [0.2, 0.25) is 18.6 Å². The van der Waals surface area contributed by atoms with Crippen molar-refractivity contribution in [3.8, 4) is 11.5 Å². The predicted octanol–water partition coefficient (Wildman–Crippen LogP) is 1.93. The fourth-order valence-corrected chi connectivity index (χ4v) is 4.98.